The predicted molar refractivity (Wildman–Crippen MR) is 137 cm³/mol. The highest BCUT2D eigenvalue weighted by Crippen LogP contribution is 2.38. The van der Waals surface area contributed by atoms with Gasteiger partial charge in [0.05, 0.1) is 12.9 Å². The van der Waals surface area contributed by atoms with Crippen LogP contribution in [0.4, 0.5) is 5.82 Å². The summed E-state index contributed by atoms with van der Waals surface area (Å²) in [5.41, 5.74) is 7.95. The summed E-state index contributed by atoms with van der Waals surface area (Å²) in [6, 6.07) is 9.61. The van der Waals surface area contributed by atoms with E-state index in [0.29, 0.717) is 30.0 Å². The molecule has 0 saturated carbocycles. The largest absolute Gasteiger partial charge is 0.456 e. The van der Waals surface area contributed by atoms with E-state index in [4.69, 9.17) is 19.6 Å². The zero-order valence-electron chi connectivity index (χ0n) is 20.8. The first kappa shape index (κ1) is 25.0. The second-order valence-electron chi connectivity index (χ2n) is 10.2. The molecule has 0 bridgehead atoms. The number of hydrogen-bond acceptors (Lipinski definition) is 8. The average molecular weight is 496 g/mol. The minimum absolute atomic E-state index is 0.0462. The third-order valence-corrected chi connectivity index (χ3v) is 11.3. The molecule has 1 saturated heterocycles. The van der Waals surface area contributed by atoms with E-state index in [1.54, 1.807) is 17.0 Å². The number of benzene rings is 1. The predicted octanol–water partition coefficient (Wildman–Crippen LogP) is 4.34. The maximum absolute atomic E-state index is 12.7. The Labute approximate surface area is 206 Å². The van der Waals surface area contributed by atoms with Crippen molar-refractivity contribution in [3.8, 4) is 0 Å². The van der Waals surface area contributed by atoms with Gasteiger partial charge in [0.2, 0.25) is 0 Å². The molecule has 10 heteroatoms. The lowest BCUT2D eigenvalue weighted by Crippen LogP contribution is -2.44. The van der Waals surface area contributed by atoms with Crippen LogP contribution in [-0.4, -0.2) is 52.6 Å². The molecule has 0 spiro atoms. The van der Waals surface area contributed by atoms with Crippen LogP contribution >= 0.6 is 0 Å². The van der Waals surface area contributed by atoms with E-state index in [2.05, 4.69) is 48.8 Å². The Morgan fingerprint density at radius 3 is 2.69 bits per heavy atom. The highest BCUT2D eigenvalue weighted by atomic mass is 28.4. The van der Waals surface area contributed by atoms with Gasteiger partial charge in [0, 0.05) is 12.5 Å². The number of carbonyl (C=O) groups excluding carboxylic acids is 1. The summed E-state index contributed by atoms with van der Waals surface area (Å²) in [5, 5.41) is 0.0462. The van der Waals surface area contributed by atoms with Gasteiger partial charge in [-0.2, -0.15) is 0 Å². The summed E-state index contributed by atoms with van der Waals surface area (Å²) in [6.07, 6.45) is 5.29. The normalized spacial score (nSPS) is 21.1. The minimum atomic E-state index is -2.03. The lowest BCUT2D eigenvalue weighted by molar-refractivity contribution is -0.146. The van der Waals surface area contributed by atoms with Gasteiger partial charge >= 0.3 is 5.97 Å². The fraction of sp³-hybridized carbons (Fsp3) is 0.440. The average Bonchev–Trinajstić information content (AvgIpc) is 3.41. The molecule has 0 aliphatic carbocycles. The van der Waals surface area contributed by atoms with Gasteiger partial charge < -0.3 is 19.6 Å². The van der Waals surface area contributed by atoms with Gasteiger partial charge in [-0.05, 0) is 29.8 Å². The number of nitrogen functional groups attached to an aromatic ring is 1. The van der Waals surface area contributed by atoms with Crippen LogP contribution < -0.4 is 5.73 Å². The van der Waals surface area contributed by atoms with Crippen LogP contribution in [0.5, 0.6) is 0 Å². The van der Waals surface area contributed by atoms with E-state index >= 15 is 0 Å². The third-order valence-electron chi connectivity index (χ3n) is 6.77. The van der Waals surface area contributed by atoms with Gasteiger partial charge in [-0.25, -0.2) is 19.7 Å². The molecule has 0 radical (unpaired) electrons. The number of aromatic nitrogens is 4. The molecule has 1 aliphatic heterocycles. The van der Waals surface area contributed by atoms with Gasteiger partial charge in [-0.15, -0.1) is 0 Å². The number of hydrogen-bond donors (Lipinski definition) is 1. The van der Waals surface area contributed by atoms with Crippen molar-refractivity contribution in [2.24, 2.45) is 0 Å². The molecule has 2 N–H and O–H groups in total. The quantitative estimate of drug-likeness (QED) is 0.292. The maximum atomic E-state index is 12.7. The first-order valence-corrected chi connectivity index (χ1v) is 14.6. The third kappa shape index (κ3) is 5.60. The standard InChI is InChI=1S/C25H33N5O4Si/c1-25(2,3)35(4,5)32-14-19-18(34-21(31)12-11-17-9-7-6-8-10-17)13-20(33-19)30-16-29-22-23(26)27-15-28-24(22)30/h6-12,15-16,18-20H,13-14H2,1-5H3,(H2,26,27,28)/b12-11+/t18-,19+,20+/m0/s1. The van der Waals surface area contributed by atoms with E-state index in [1.165, 1.54) is 12.4 Å². The molecule has 3 heterocycles. The Kier molecular flexibility index (Phi) is 7.07. The molecule has 0 amide bonds. The van der Waals surface area contributed by atoms with Crippen molar-refractivity contribution >= 4 is 37.3 Å². The van der Waals surface area contributed by atoms with Crippen molar-refractivity contribution in [3.63, 3.8) is 0 Å². The van der Waals surface area contributed by atoms with Crippen LogP contribution in [0.25, 0.3) is 17.2 Å². The molecule has 35 heavy (non-hydrogen) atoms. The highest BCUT2D eigenvalue weighted by Gasteiger charge is 2.43. The monoisotopic (exact) mass is 495 g/mol. The number of nitrogens with zero attached hydrogens (tertiary/aromatic N) is 4. The first-order chi connectivity index (χ1) is 16.5. The number of nitrogens with two attached hydrogens (primary N) is 1. The molecule has 9 nitrogen and oxygen atoms in total. The summed E-state index contributed by atoms with van der Waals surface area (Å²) in [4.78, 5) is 25.3. The molecule has 186 valence electrons. The Morgan fingerprint density at radius 2 is 1.97 bits per heavy atom. The number of esters is 1. The molecule has 3 atom stereocenters. The number of anilines is 1. The van der Waals surface area contributed by atoms with Crippen molar-refractivity contribution in [3.05, 3.63) is 54.6 Å². The number of carbonyl (C=O) groups is 1. The maximum Gasteiger partial charge on any atom is 0.331 e. The SMILES string of the molecule is CC(C)(C)[Si](C)(C)OC[C@H]1O[C@@H](n2cnc3c(N)ncnc32)C[C@@H]1OC(=O)/C=C/c1ccccc1. The van der Waals surface area contributed by atoms with Crippen LogP contribution in [0.2, 0.25) is 18.1 Å². The molecule has 1 aliphatic rings. The number of imidazole rings is 1. The molecular weight excluding hydrogens is 462 g/mol. The fourth-order valence-corrected chi connectivity index (χ4v) is 4.66. The van der Waals surface area contributed by atoms with Gasteiger partial charge in [0.15, 0.2) is 19.8 Å². The van der Waals surface area contributed by atoms with E-state index in [1.807, 2.05) is 30.3 Å². The molecule has 2 aromatic heterocycles. The first-order valence-electron chi connectivity index (χ1n) is 11.7. The second-order valence-corrected chi connectivity index (χ2v) is 15.0. The summed E-state index contributed by atoms with van der Waals surface area (Å²) in [7, 11) is -2.03. The smallest absolute Gasteiger partial charge is 0.331 e. The number of rotatable bonds is 7. The summed E-state index contributed by atoms with van der Waals surface area (Å²) in [6.45, 7) is 11.3. The van der Waals surface area contributed by atoms with Crippen LogP contribution in [0.15, 0.2) is 49.1 Å². The van der Waals surface area contributed by atoms with Crippen molar-refractivity contribution in [2.45, 2.75) is 63.8 Å². The van der Waals surface area contributed by atoms with E-state index in [0.717, 1.165) is 5.56 Å². The van der Waals surface area contributed by atoms with Crippen LogP contribution in [0.1, 0.15) is 39.0 Å². The van der Waals surface area contributed by atoms with Gasteiger partial charge in [-0.1, -0.05) is 51.1 Å². The Morgan fingerprint density at radius 1 is 1.23 bits per heavy atom. The topological polar surface area (TPSA) is 114 Å². The van der Waals surface area contributed by atoms with Crippen LogP contribution in [-0.2, 0) is 18.7 Å². The molecule has 1 fully saturated rings. The van der Waals surface area contributed by atoms with Gasteiger partial charge in [-0.3, -0.25) is 4.57 Å². The van der Waals surface area contributed by atoms with Crippen LogP contribution in [0, 0.1) is 0 Å². The zero-order chi connectivity index (χ0) is 25.2. The van der Waals surface area contributed by atoms with Crippen molar-refractivity contribution in [1.82, 2.24) is 19.5 Å². The lowest BCUT2D eigenvalue weighted by atomic mass is 10.2. The highest BCUT2D eigenvalue weighted by molar-refractivity contribution is 6.74. The Bertz CT molecular complexity index is 1210. The fourth-order valence-electron chi connectivity index (χ4n) is 3.65. The molecule has 4 rings (SSSR count). The summed E-state index contributed by atoms with van der Waals surface area (Å²) < 4.78 is 20.4. The second kappa shape index (κ2) is 9.88. The zero-order valence-corrected chi connectivity index (χ0v) is 21.8. The molecular formula is C25H33N5O4Si. The van der Waals surface area contributed by atoms with Gasteiger partial charge in [0.25, 0.3) is 0 Å². The van der Waals surface area contributed by atoms with Crippen molar-refractivity contribution < 1.29 is 18.7 Å². The van der Waals surface area contributed by atoms with Crippen LogP contribution in [0.3, 0.4) is 0 Å². The number of fused-ring (bicyclic) bond motifs is 1. The molecule has 1 aromatic carbocycles. The van der Waals surface area contributed by atoms with E-state index < -0.39 is 32.7 Å². The minimum Gasteiger partial charge on any atom is -0.456 e. The Balaban J connectivity index is 1.53. The number of ether oxygens (including phenoxy) is 2. The Hall–Kier alpha value is -3.08. The summed E-state index contributed by atoms with van der Waals surface area (Å²) >= 11 is 0. The van der Waals surface area contributed by atoms with Gasteiger partial charge in [0.1, 0.15) is 30.3 Å². The van der Waals surface area contributed by atoms with Crippen molar-refractivity contribution in [1.29, 1.82) is 0 Å². The van der Waals surface area contributed by atoms with Crippen molar-refractivity contribution in [2.75, 3.05) is 12.3 Å². The lowest BCUT2D eigenvalue weighted by Gasteiger charge is -2.37. The molecule has 3 aromatic rings. The molecule has 0 unspecified atom stereocenters. The summed E-state index contributed by atoms with van der Waals surface area (Å²) in [5.74, 6) is -0.124. The van der Waals surface area contributed by atoms with E-state index in [-0.39, 0.29) is 5.04 Å². The van der Waals surface area contributed by atoms with E-state index in [9.17, 15) is 4.79 Å².